The van der Waals surface area contributed by atoms with E-state index in [4.69, 9.17) is 0 Å². The highest BCUT2D eigenvalue weighted by molar-refractivity contribution is 7.99. The number of carbonyl (C=O) groups is 1. The second-order valence-electron chi connectivity index (χ2n) is 3.37. The fourth-order valence-electron chi connectivity index (χ4n) is 1.27. The van der Waals surface area contributed by atoms with Gasteiger partial charge >= 0.3 is 0 Å². The van der Waals surface area contributed by atoms with Crippen LogP contribution in [0.3, 0.4) is 0 Å². The smallest absolute Gasteiger partial charge is 0.229 e. The average molecular weight is 223 g/mol. The van der Waals surface area contributed by atoms with Crippen LogP contribution in [0.1, 0.15) is 18.1 Å². The van der Waals surface area contributed by atoms with Crippen LogP contribution in [0, 0.1) is 6.92 Å². The van der Waals surface area contributed by atoms with Crippen molar-refractivity contribution in [3.8, 4) is 0 Å². The van der Waals surface area contributed by atoms with E-state index in [1.165, 1.54) is 11.1 Å². The zero-order valence-electron chi connectivity index (χ0n) is 9.25. The van der Waals surface area contributed by atoms with Crippen LogP contribution in [0.25, 0.3) is 0 Å². The van der Waals surface area contributed by atoms with Gasteiger partial charge in [0.2, 0.25) is 5.91 Å². The van der Waals surface area contributed by atoms with Crippen molar-refractivity contribution in [1.82, 2.24) is 5.32 Å². The van der Waals surface area contributed by atoms with Gasteiger partial charge in [-0.1, -0.05) is 24.3 Å². The molecule has 0 saturated carbocycles. The van der Waals surface area contributed by atoms with Gasteiger partial charge in [0.15, 0.2) is 0 Å². The van der Waals surface area contributed by atoms with Crippen LogP contribution in [0.4, 0.5) is 0 Å². The minimum Gasteiger partial charge on any atom is -0.356 e. The lowest BCUT2D eigenvalue weighted by Gasteiger charge is -2.05. The Morgan fingerprint density at radius 1 is 1.40 bits per heavy atom. The Morgan fingerprint density at radius 2 is 2.13 bits per heavy atom. The molecule has 0 fully saturated rings. The second kappa shape index (κ2) is 6.51. The fourth-order valence-corrected chi connectivity index (χ4v) is 2.21. The van der Waals surface area contributed by atoms with Gasteiger partial charge in [0.25, 0.3) is 0 Å². The maximum atomic E-state index is 11.2. The Balaban J connectivity index is 2.32. The van der Waals surface area contributed by atoms with Crippen molar-refractivity contribution in [2.24, 2.45) is 0 Å². The van der Waals surface area contributed by atoms with E-state index in [2.05, 4.69) is 24.4 Å². The molecule has 2 nitrogen and oxygen atoms in total. The van der Waals surface area contributed by atoms with Gasteiger partial charge < -0.3 is 5.32 Å². The lowest BCUT2D eigenvalue weighted by Crippen LogP contribution is -2.24. The highest BCUT2D eigenvalue weighted by Crippen LogP contribution is 2.15. The van der Waals surface area contributed by atoms with E-state index in [9.17, 15) is 4.79 Å². The third kappa shape index (κ3) is 4.38. The number of aryl methyl sites for hydroxylation is 1. The summed E-state index contributed by atoms with van der Waals surface area (Å²) >= 11 is 1.66. The third-order valence-corrected chi connectivity index (χ3v) is 3.11. The SMILES string of the molecule is CCNC(=O)CSCc1ccccc1C. The molecule has 1 aromatic rings. The molecule has 3 heteroatoms. The van der Waals surface area contributed by atoms with Crippen LogP contribution >= 0.6 is 11.8 Å². The molecule has 0 heterocycles. The lowest BCUT2D eigenvalue weighted by molar-refractivity contribution is -0.118. The van der Waals surface area contributed by atoms with Gasteiger partial charge in [0.1, 0.15) is 0 Å². The molecule has 1 amide bonds. The van der Waals surface area contributed by atoms with E-state index >= 15 is 0 Å². The standard InChI is InChI=1S/C12H17NOS/c1-3-13-12(14)9-15-8-11-7-5-4-6-10(11)2/h4-7H,3,8-9H2,1-2H3,(H,13,14). The summed E-state index contributed by atoms with van der Waals surface area (Å²) < 4.78 is 0. The minimum atomic E-state index is 0.121. The highest BCUT2D eigenvalue weighted by Gasteiger charge is 2.01. The van der Waals surface area contributed by atoms with E-state index in [0.717, 1.165) is 5.75 Å². The number of hydrogen-bond donors (Lipinski definition) is 1. The number of benzene rings is 1. The van der Waals surface area contributed by atoms with Gasteiger partial charge in [-0.05, 0) is 25.0 Å². The zero-order chi connectivity index (χ0) is 11.1. The summed E-state index contributed by atoms with van der Waals surface area (Å²) in [6, 6.07) is 8.28. The maximum Gasteiger partial charge on any atom is 0.229 e. The summed E-state index contributed by atoms with van der Waals surface area (Å²) in [5.74, 6) is 1.57. The maximum absolute atomic E-state index is 11.2. The van der Waals surface area contributed by atoms with Crippen molar-refractivity contribution >= 4 is 17.7 Å². The fraction of sp³-hybridized carbons (Fsp3) is 0.417. The van der Waals surface area contributed by atoms with E-state index < -0.39 is 0 Å². The van der Waals surface area contributed by atoms with Crippen LogP contribution in [-0.4, -0.2) is 18.2 Å². The summed E-state index contributed by atoms with van der Waals surface area (Å²) in [4.78, 5) is 11.2. The van der Waals surface area contributed by atoms with Gasteiger partial charge in [-0.2, -0.15) is 0 Å². The van der Waals surface area contributed by atoms with Crippen LogP contribution in [0.15, 0.2) is 24.3 Å². The summed E-state index contributed by atoms with van der Waals surface area (Å²) in [6.45, 7) is 4.75. The summed E-state index contributed by atoms with van der Waals surface area (Å²) in [5, 5.41) is 2.79. The van der Waals surface area contributed by atoms with Crippen LogP contribution in [0.5, 0.6) is 0 Å². The quantitative estimate of drug-likeness (QED) is 0.830. The topological polar surface area (TPSA) is 29.1 Å². The van der Waals surface area contributed by atoms with E-state index in [0.29, 0.717) is 12.3 Å². The molecule has 0 aliphatic rings. The van der Waals surface area contributed by atoms with E-state index in [1.807, 2.05) is 19.1 Å². The molecule has 0 bridgehead atoms. The third-order valence-electron chi connectivity index (χ3n) is 2.13. The molecule has 1 N–H and O–H groups in total. The van der Waals surface area contributed by atoms with Crippen molar-refractivity contribution in [2.75, 3.05) is 12.3 Å². The number of thioether (sulfide) groups is 1. The van der Waals surface area contributed by atoms with Gasteiger partial charge in [0.05, 0.1) is 5.75 Å². The van der Waals surface area contributed by atoms with Crippen molar-refractivity contribution in [1.29, 1.82) is 0 Å². The Morgan fingerprint density at radius 3 is 2.80 bits per heavy atom. The Hall–Kier alpha value is -0.960. The molecule has 0 radical (unpaired) electrons. The number of rotatable bonds is 5. The molecule has 1 aromatic carbocycles. The Bertz CT molecular complexity index is 325. The Labute approximate surface area is 95.5 Å². The number of hydrogen-bond acceptors (Lipinski definition) is 2. The van der Waals surface area contributed by atoms with Gasteiger partial charge in [-0.15, -0.1) is 11.8 Å². The molecule has 1 rings (SSSR count). The number of carbonyl (C=O) groups excluding carboxylic acids is 1. The predicted octanol–water partition coefficient (Wildman–Crippen LogP) is 2.36. The molecule has 82 valence electrons. The molecular formula is C12H17NOS. The van der Waals surface area contributed by atoms with Gasteiger partial charge in [-0.3, -0.25) is 4.79 Å². The molecule has 0 spiro atoms. The zero-order valence-corrected chi connectivity index (χ0v) is 10.1. The highest BCUT2D eigenvalue weighted by atomic mass is 32.2. The number of amides is 1. The first-order valence-electron chi connectivity index (χ1n) is 5.13. The van der Waals surface area contributed by atoms with E-state index in [-0.39, 0.29) is 5.91 Å². The largest absolute Gasteiger partial charge is 0.356 e. The Kier molecular flexibility index (Phi) is 5.26. The molecule has 0 aliphatic heterocycles. The first kappa shape index (κ1) is 12.1. The molecule has 0 aromatic heterocycles. The second-order valence-corrected chi connectivity index (χ2v) is 4.36. The minimum absolute atomic E-state index is 0.121. The molecule has 0 saturated heterocycles. The van der Waals surface area contributed by atoms with Crippen molar-refractivity contribution in [3.05, 3.63) is 35.4 Å². The van der Waals surface area contributed by atoms with Gasteiger partial charge in [-0.25, -0.2) is 0 Å². The monoisotopic (exact) mass is 223 g/mol. The first-order valence-corrected chi connectivity index (χ1v) is 6.28. The molecular weight excluding hydrogens is 206 g/mol. The van der Waals surface area contributed by atoms with Crippen LogP contribution in [0.2, 0.25) is 0 Å². The van der Waals surface area contributed by atoms with Crippen LogP contribution in [-0.2, 0) is 10.5 Å². The normalized spacial score (nSPS) is 10.0. The van der Waals surface area contributed by atoms with Gasteiger partial charge in [0, 0.05) is 12.3 Å². The van der Waals surface area contributed by atoms with Crippen molar-refractivity contribution in [3.63, 3.8) is 0 Å². The van der Waals surface area contributed by atoms with Crippen molar-refractivity contribution in [2.45, 2.75) is 19.6 Å². The van der Waals surface area contributed by atoms with E-state index in [1.54, 1.807) is 11.8 Å². The first-order chi connectivity index (χ1) is 7.24. The summed E-state index contributed by atoms with van der Waals surface area (Å²) in [5.41, 5.74) is 2.60. The summed E-state index contributed by atoms with van der Waals surface area (Å²) in [7, 11) is 0. The lowest BCUT2D eigenvalue weighted by atomic mass is 10.1. The predicted molar refractivity (Wildman–Crippen MR) is 66.0 cm³/mol. The van der Waals surface area contributed by atoms with Crippen LogP contribution < -0.4 is 5.32 Å². The number of nitrogens with one attached hydrogen (secondary N) is 1. The average Bonchev–Trinajstić information content (AvgIpc) is 2.21. The molecule has 0 unspecified atom stereocenters. The molecule has 0 atom stereocenters. The van der Waals surface area contributed by atoms with Crippen molar-refractivity contribution < 1.29 is 4.79 Å². The molecule has 15 heavy (non-hydrogen) atoms. The molecule has 0 aliphatic carbocycles. The summed E-state index contributed by atoms with van der Waals surface area (Å²) in [6.07, 6.45) is 0.